The number of nitrogens with one attached hydrogen (secondary N) is 1. The van der Waals surface area contributed by atoms with Crippen LogP contribution in [-0.2, 0) is 6.42 Å². The van der Waals surface area contributed by atoms with Gasteiger partial charge in [0.2, 0.25) is 0 Å². The van der Waals surface area contributed by atoms with Gasteiger partial charge in [-0.3, -0.25) is 0 Å². The third kappa shape index (κ3) is 3.98. The van der Waals surface area contributed by atoms with Crippen LogP contribution in [0.5, 0.6) is 5.75 Å². The van der Waals surface area contributed by atoms with Gasteiger partial charge in [0.25, 0.3) is 0 Å². The Morgan fingerprint density at radius 2 is 2.00 bits per heavy atom. The Labute approximate surface area is 120 Å². The van der Waals surface area contributed by atoms with E-state index in [0.717, 1.165) is 22.7 Å². The van der Waals surface area contributed by atoms with Crippen LogP contribution in [0.4, 0.5) is 8.78 Å². The number of rotatable bonds is 6. The van der Waals surface area contributed by atoms with Gasteiger partial charge < -0.3 is 10.1 Å². The van der Waals surface area contributed by atoms with Crippen molar-refractivity contribution in [2.75, 3.05) is 7.05 Å². The number of halogens is 2. The van der Waals surface area contributed by atoms with E-state index in [1.54, 1.807) is 35.6 Å². The van der Waals surface area contributed by atoms with Crippen LogP contribution in [0.2, 0.25) is 0 Å². The van der Waals surface area contributed by atoms with Crippen LogP contribution in [0.3, 0.4) is 0 Å². The van der Waals surface area contributed by atoms with Crippen molar-refractivity contribution in [1.29, 1.82) is 0 Å². The first-order chi connectivity index (χ1) is 9.58. The van der Waals surface area contributed by atoms with Gasteiger partial charge in [0, 0.05) is 23.5 Å². The number of hydrogen-bond acceptors (Lipinski definition) is 4. The van der Waals surface area contributed by atoms with Crippen molar-refractivity contribution < 1.29 is 13.5 Å². The minimum atomic E-state index is -2.79. The van der Waals surface area contributed by atoms with Gasteiger partial charge in [-0.2, -0.15) is 8.78 Å². The molecule has 20 heavy (non-hydrogen) atoms. The van der Waals surface area contributed by atoms with Gasteiger partial charge in [0.15, 0.2) is 0 Å². The molecular formula is C14H16F2N2OS. The van der Waals surface area contributed by atoms with Crippen molar-refractivity contribution >= 4 is 11.3 Å². The topological polar surface area (TPSA) is 34.2 Å². The molecule has 3 nitrogen and oxygen atoms in total. The Hall–Kier alpha value is -1.53. The molecule has 1 unspecified atom stereocenters. The summed E-state index contributed by atoms with van der Waals surface area (Å²) in [5, 5.41) is 6.28. The molecule has 0 spiro atoms. The first-order valence-electron chi connectivity index (χ1n) is 6.21. The molecule has 108 valence electrons. The number of thiazole rings is 1. The number of aromatic nitrogens is 1. The fourth-order valence-electron chi connectivity index (χ4n) is 1.94. The molecule has 1 atom stereocenters. The van der Waals surface area contributed by atoms with Crippen LogP contribution in [-0.4, -0.2) is 18.6 Å². The second kappa shape index (κ2) is 6.76. The van der Waals surface area contributed by atoms with E-state index in [1.807, 2.05) is 19.4 Å². The molecule has 0 radical (unpaired) electrons. The van der Waals surface area contributed by atoms with Gasteiger partial charge in [-0.25, -0.2) is 4.98 Å². The molecule has 2 rings (SSSR count). The summed E-state index contributed by atoms with van der Waals surface area (Å²) in [5.74, 6) is 0.170. The van der Waals surface area contributed by atoms with Crippen LogP contribution in [0, 0.1) is 6.92 Å². The number of aryl methyl sites for hydroxylation is 1. The van der Waals surface area contributed by atoms with Gasteiger partial charge in [0.05, 0.1) is 5.01 Å². The van der Waals surface area contributed by atoms with E-state index in [4.69, 9.17) is 0 Å². The molecule has 1 aromatic carbocycles. The fraction of sp³-hybridized carbons (Fsp3) is 0.357. The largest absolute Gasteiger partial charge is 0.435 e. The van der Waals surface area contributed by atoms with Gasteiger partial charge in [-0.1, -0.05) is 12.1 Å². The van der Waals surface area contributed by atoms with Crippen LogP contribution in [0.1, 0.15) is 22.3 Å². The summed E-state index contributed by atoms with van der Waals surface area (Å²) in [5.41, 5.74) is 2.03. The lowest BCUT2D eigenvalue weighted by molar-refractivity contribution is -0.0498. The summed E-state index contributed by atoms with van der Waals surface area (Å²) in [7, 11) is 1.87. The zero-order valence-corrected chi connectivity index (χ0v) is 12.1. The molecule has 0 saturated heterocycles. The van der Waals surface area contributed by atoms with Crippen molar-refractivity contribution in [1.82, 2.24) is 10.3 Å². The average Bonchev–Trinajstić information content (AvgIpc) is 2.82. The van der Waals surface area contributed by atoms with E-state index >= 15 is 0 Å². The highest BCUT2D eigenvalue weighted by Crippen LogP contribution is 2.23. The number of nitrogens with zero attached hydrogens (tertiary/aromatic N) is 1. The molecule has 2 aromatic rings. The standard InChI is InChI=1S/C14H16F2N2OS/c1-9-8-20-13(18-9)7-12(17-2)10-3-5-11(6-4-10)19-14(15)16/h3-6,8,12,14,17H,7H2,1-2H3. The number of alkyl halides is 2. The van der Waals surface area contributed by atoms with Crippen molar-refractivity contribution in [3.63, 3.8) is 0 Å². The Morgan fingerprint density at radius 3 is 2.50 bits per heavy atom. The van der Waals surface area contributed by atoms with Gasteiger partial charge in [-0.05, 0) is 31.7 Å². The van der Waals surface area contributed by atoms with Crippen molar-refractivity contribution in [2.45, 2.75) is 26.0 Å². The van der Waals surface area contributed by atoms with Crippen molar-refractivity contribution in [2.24, 2.45) is 0 Å². The van der Waals surface area contributed by atoms with Crippen molar-refractivity contribution in [3.8, 4) is 5.75 Å². The SMILES string of the molecule is CNC(Cc1nc(C)cs1)c1ccc(OC(F)F)cc1. The minimum absolute atomic E-state index is 0.0983. The minimum Gasteiger partial charge on any atom is -0.435 e. The molecule has 0 bridgehead atoms. The second-order valence-corrected chi connectivity index (χ2v) is 5.32. The number of benzene rings is 1. The van der Waals surface area contributed by atoms with E-state index in [-0.39, 0.29) is 11.8 Å². The molecule has 1 heterocycles. The van der Waals surface area contributed by atoms with Crippen LogP contribution in [0.25, 0.3) is 0 Å². The Bertz CT molecular complexity index is 542. The van der Waals surface area contributed by atoms with Crippen LogP contribution < -0.4 is 10.1 Å². The first-order valence-corrected chi connectivity index (χ1v) is 7.09. The molecule has 1 N–H and O–H groups in total. The third-order valence-electron chi connectivity index (χ3n) is 2.90. The normalized spacial score (nSPS) is 12.7. The maximum atomic E-state index is 12.1. The second-order valence-electron chi connectivity index (χ2n) is 4.38. The van der Waals surface area contributed by atoms with Gasteiger partial charge >= 0.3 is 6.61 Å². The van der Waals surface area contributed by atoms with E-state index in [9.17, 15) is 8.78 Å². The molecule has 0 amide bonds. The van der Waals surface area contributed by atoms with Gasteiger partial charge in [0.1, 0.15) is 5.75 Å². The lowest BCUT2D eigenvalue weighted by Gasteiger charge is -2.16. The summed E-state index contributed by atoms with van der Waals surface area (Å²) in [6.45, 7) is -0.829. The summed E-state index contributed by atoms with van der Waals surface area (Å²) >= 11 is 1.62. The molecule has 0 saturated carbocycles. The average molecular weight is 298 g/mol. The van der Waals surface area contributed by atoms with E-state index in [1.165, 1.54) is 0 Å². The highest BCUT2D eigenvalue weighted by Gasteiger charge is 2.13. The number of likely N-dealkylation sites (N-methyl/N-ethyl adjacent to an activating group) is 1. The maximum Gasteiger partial charge on any atom is 0.387 e. The number of hydrogen-bond donors (Lipinski definition) is 1. The van der Waals surface area contributed by atoms with E-state index in [0.29, 0.717) is 0 Å². The van der Waals surface area contributed by atoms with Gasteiger partial charge in [-0.15, -0.1) is 11.3 Å². The predicted molar refractivity (Wildman–Crippen MR) is 75.4 cm³/mol. The molecule has 0 aliphatic rings. The summed E-state index contributed by atoms with van der Waals surface area (Å²) in [4.78, 5) is 4.44. The molecule has 6 heteroatoms. The third-order valence-corrected chi connectivity index (χ3v) is 3.89. The Morgan fingerprint density at radius 1 is 1.30 bits per heavy atom. The van der Waals surface area contributed by atoms with Crippen LogP contribution in [0.15, 0.2) is 29.6 Å². The number of ether oxygens (including phenoxy) is 1. The monoisotopic (exact) mass is 298 g/mol. The lowest BCUT2D eigenvalue weighted by atomic mass is 10.0. The molecule has 1 aromatic heterocycles. The Kier molecular flexibility index (Phi) is 5.03. The zero-order valence-electron chi connectivity index (χ0n) is 11.3. The molecule has 0 aliphatic carbocycles. The molecule has 0 aliphatic heterocycles. The van der Waals surface area contributed by atoms with E-state index in [2.05, 4.69) is 15.0 Å². The summed E-state index contributed by atoms with van der Waals surface area (Å²) in [6, 6.07) is 6.79. The first kappa shape index (κ1) is 14.9. The quantitative estimate of drug-likeness (QED) is 0.885. The van der Waals surface area contributed by atoms with E-state index < -0.39 is 6.61 Å². The molecule has 0 fully saturated rings. The smallest absolute Gasteiger partial charge is 0.387 e. The van der Waals surface area contributed by atoms with Crippen molar-refractivity contribution in [3.05, 3.63) is 45.9 Å². The maximum absolute atomic E-state index is 12.1. The lowest BCUT2D eigenvalue weighted by Crippen LogP contribution is -2.18. The zero-order chi connectivity index (χ0) is 14.5. The highest BCUT2D eigenvalue weighted by atomic mass is 32.1. The fourth-order valence-corrected chi connectivity index (χ4v) is 2.76. The highest BCUT2D eigenvalue weighted by molar-refractivity contribution is 7.09. The van der Waals surface area contributed by atoms with Crippen LogP contribution >= 0.6 is 11.3 Å². The summed E-state index contributed by atoms with van der Waals surface area (Å²) in [6.07, 6.45) is 0.768. The summed E-state index contributed by atoms with van der Waals surface area (Å²) < 4.78 is 28.5. The predicted octanol–water partition coefficient (Wildman–Crippen LogP) is 3.56. The molecular weight excluding hydrogens is 282 g/mol. The Balaban J connectivity index is 2.07.